The highest BCUT2D eigenvalue weighted by molar-refractivity contribution is 7.88. The van der Waals surface area contributed by atoms with Gasteiger partial charge in [-0.2, -0.15) is 4.31 Å². The minimum Gasteiger partial charge on any atom is -0.489 e. The van der Waals surface area contributed by atoms with Gasteiger partial charge >= 0.3 is 6.09 Å². The molecule has 0 fully saturated rings. The highest BCUT2D eigenvalue weighted by Crippen LogP contribution is 2.40. The highest BCUT2D eigenvalue weighted by Gasteiger charge is 2.26. The third kappa shape index (κ3) is 6.56. The Labute approximate surface area is 224 Å². The number of anilines is 2. The van der Waals surface area contributed by atoms with E-state index >= 15 is 0 Å². The summed E-state index contributed by atoms with van der Waals surface area (Å²) in [5.41, 5.74) is 2.08. The van der Waals surface area contributed by atoms with Gasteiger partial charge in [-0.3, -0.25) is 0 Å². The second-order valence-electron chi connectivity index (χ2n) is 8.32. The first kappa shape index (κ1) is 27.9. The number of nitrogens with one attached hydrogen (secondary N) is 1. The number of rotatable bonds is 10. The molecule has 2 N–H and O–H groups in total. The van der Waals surface area contributed by atoms with E-state index < -0.39 is 28.1 Å². The van der Waals surface area contributed by atoms with E-state index in [-0.39, 0.29) is 16.1 Å². The van der Waals surface area contributed by atoms with Crippen LogP contribution in [0.15, 0.2) is 47.0 Å². The minimum atomic E-state index is -3.97. The maximum Gasteiger partial charge on any atom is 0.421 e. The molecule has 0 saturated carbocycles. The molecule has 0 bridgehead atoms. The molecule has 36 heavy (non-hydrogen) atoms. The van der Waals surface area contributed by atoms with Crippen molar-refractivity contribution < 1.29 is 27.5 Å². The van der Waals surface area contributed by atoms with E-state index in [9.17, 15) is 13.2 Å². The molecule has 0 aliphatic rings. The van der Waals surface area contributed by atoms with Gasteiger partial charge in [0.2, 0.25) is 10.0 Å². The lowest BCUT2D eigenvalue weighted by molar-refractivity contribution is 0.169. The smallest absolute Gasteiger partial charge is 0.421 e. The van der Waals surface area contributed by atoms with Crippen molar-refractivity contribution >= 4 is 62.6 Å². The third-order valence-electron chi connectivity index (χ3n) is 5.37. The first-order chi connectivity index (χ1) is 16.8. The summed E-state index contributed by atoms with van der Waals surface area (Å²) in [4.78, 5) is 15.2. The first-order valence-corrected chi connectivity index (χ1v) is 13.7. The van der Waals surface area contributed by atoms with E-state index in [2.05, 4.69) is 10.3 Å². The lowest BCUT2D eigenvalue weighted by Gasteiger charge is -2.27. The van der Waals surface area contributed by atoms with Gasteiger partial charge < -0.3 is 19.6 Å². The number of aromatic nitrogens is 1. The van der Waals surface area contributed by atoms with E-state index in [1.165, 1.54) is 6.20 Å². The molecule has 0 saturated heterocycles. The average molecular weight is 577 g/mol. The number of oxazole rings is 1. The number of halogens is 3. The summed E-state index contributed by atoms with van der Waals surface area (Å²) >= 11 is 18.5. The Morgan fingerprint density at radius 2 is 1.78 bits per heavy atom. The fourth-order valence-corrected chi connectivity index (χ4v) is 4.69. The zero-order valence-electron chi connectivity index (χ0n) is 19.6. The summed E-state index contributed by atoms with van der Waals surface area (Å²) in [6.07, 6.45) is 0.446. The monoisotopic (exact) mass is 575 g/mol. The maximum atomic E-state index is 11.6. The Kier molecular flexibility index (Phi) is 8.66. The number of carboxylic acid groups (broad SMARTS) is 1. The number of nitrogens with zero attached hydrogens (tertiary/aromatic N) is 2. The molecule has 1 heterocycles. The van der Waals surface area contributed by atoms with Gasteiger partial charge in [0, 0.05) is 11.1 Å². The molecule has 2 aromatic carbocycles. The number of ether oxygens (including phenoxy) is 1. The van der Waals surface area contributed by atoms with Crippen LogP contribution in [0.2, 0.25) is 10.0 Å². The summed E-state index contributed by atoms with van der Waals surface area (Å²) in [5.74, 6) is 0.776. The molecule has 3 aromatic rings. The average Bonchev–Trinajstić information content (AvgIpc) is 3.23. The molecule has 0 aliphatic carbocycles. The van der Waals surface area contributed by atoms with Crippen molar-refractivity contribution in [2.75, 3.05) is 24.1 Å². The number of amides is 1. The molecule has 1 amide bonds. The standard InChI is InChI=1S/C23H24Cl3N3O6S/c1-23(2,15-10-18(25)20(19(26)11-15)34-9-8-24)14-4-6-16(7-5-14)28-21-27-12-17(35-21)13-29(22(30)31)36(3,32)33/h4-7,10-12H,8-9,13H2,1-3H3,(H,27,28)(H,30,31). The van der Waals surface area contributed by atoms with E-state index in [1.54, 1.807) is 0 Å². The van der Waals surface area contributed by atoms with Gasteiger partial charge in [-0.1, -0.05) is 49.2 Å². The first-order valence-electron chi connectivity index (χ1n) is 10.5. The molecule has 194 valence electrons. The van der Waals surface area contributed by atoms with E-state index in [0.29, 0.717) is 34.0 Å². The molecule has 0 unspecified atom stereocenters. The Morgan fingerprint density at radius 3 is 2.31 bits per heavy atom. The van der Waals surface area contributed by atoms with Crippen LogP contribution in [0.3, 0.4) is 0 Å². The fraction of sp³-hybridized carbons (Fsp3) is 0.304. The Morgan fingerprint density at radius 1 is 1.17 bits per heavy atom. The Hall–Kier alpha value is -2.66. The van der Waals surface area contributed by atoms with Gasteiger partial charge in [0.25, 0.3) is 6.01 Å². The summed E-state index contributed by atoms with van der Waals surface area (Å²) < 4.78 is 34.5. The van der Waals surface area contributed by atoms with Gasteiger partial charge in [0.05, 0.1) is 28.4 Å². The summed E-state index contributed by atoms with van der Waals surface area (Å²) in [5, 5.41) is 12.9. The van der Waals surface area contributed by atoms with Gasteiger partial charge in [-0.05, 0) is 35.4 Å². The van der Waals surface area contributed by atoms with Crippen LogP contribution < -0.4 is 10.1 Å². The zero-order valence-corrected chi connectivity index (χ0v) is 22.7. The second kappa shape index (κ2) is 11.2. The van der Waals surface area contributed by atoms with Crippen LogP contribution >= 0.6 is 34.8 Å². The number of alkyl halides is 1. The van der Waals surface area contributed by atoms with Crippen LogP contribution in [0.4, 0.5) is 16.5 Å². The fourth-order valence-electron chi connectivity index (χ4n) is 3.37. The molecule has 1 aromatic heterocycles. The largest absolute Gasteiger partial charge is 0.489 e. The van der Waals surface area contributed by atoms with E-state index in [4.69, 9.17) is 49.1 Å². The summed E-state index contributed by atoms with van der Waals surface area (Å²) in [7, 11) is -3.97. The molecular formula is C23H24Cl3N3O6S. The van der Waals surface area contributed by atoms with Gasteiger partial charge in [0.15, 0.2) is 5.75 Å². The van der Waals surface area contributed by atoms with Crippen molar-refractivity contribution in [2.45, 2.75) is 25.8 Å². The maximum absolute atomic E-state index is 11.6. The molecule has 13 heteroatoms. The SMILES string of the molecule is CC(C)(c1ccc(Nc2ncc(CN(C(=O)O)S(C)(=O)=O)o2)cc1)c1cc(Cl)c(OCCCl)c(Cl)c1. The minimum absolute atomic E-state index is 0.0651. The van der Waals surface area contributed by atoms with Crippen molar-refractivity contribution in [1.82, 2.24) is 9.29 Å². The van der Waals surface area contributed by atoms with Crippen LogP contribution in [-0.2, 0) is 22.0 Å². The zero-order chi connectivity index (χ0) is 26.7. The molecule has 0 spiro atoms. The number of carbonyl (C=O) groups is 1. The van der Waals surface area contributed by atoms with Crippen LogP contribution in [0.5, 0.6) is 5.75 Å². The number of hydrogen-bond donors (Lipinski definition) is 2. The quantitative estimate of drug-likeness (QED) is 0.277. The summed E-state index contributed by atoms with van der Waals surface area (Å²) in [6, 6.07) is 11.2. The number of sulfonamides is 1. The number of hydrogen-bond acceptors (Lipinski definition) is 7. The lowest BCUT2D eigenvalue weighted by atomic mass is 9.78. The van der Waals surface area contributed by atoms with Crippen LogP contribution in [0, 0.1) is 0 Å². The Bertz CT molecular complexity index is 1320. The van der Waals surface area contributed by atoms with Crippen LogP contribution in [0.25, 0.3) is 0 Å². The highest BCUT2D eigenvalue weighted by atomic mass is 35.5. The predicted octanol–water partition coefficient (Wildman–Crippen LogP) is 6.11. The normalized spacial score (nSPS) is 11.8. The topological polar surface area (TPSA) is 122 Å². The van der Waals surface area contributed by atoms with Gasteiger partial charge in [0.1, 0.15) is 18.9 Å². The number of benzene rings is 2. The third-order valence-corrected chi connectivity index (χ3v) is 7.17. The van der Waals surface area contributed by atoms with Crippen LogP contribution in [0.1, 0.15) is 30.7 Å². The van der Waals surface area contributed by atoms with E-state index in [1.807, 2.05) is 50.2 Å². The van der Waals surface area contributed by atoms with Crippen molar-refractivity contribution in [3.05, 3.63) is 69.5 Å². The molecule has 0 atom stereocenters. The molecule has 3 rings (SSSR count). The van der Waals surface area contributed by atoms with Gasteiger partial charge in [-0.15, -0.1) is 11.6 Å². The van der Waals surface area contributed by atoms with Crippen molar-refractivity contribution in [3.8, 4) is 5.75 Å². The predicted molar refractivity (Wildman–Crippen MR) is 139 cm³/mol. The molecular weight excluding hydrogens is 553 g/mol. The van der Waals surface area contributed by atoms with Crippen molar-refractivity contribution in [2.24, 2.45) is 0 Å². The molecule has 9 nitrogen and oxygen atoms in total. The van der Waals surface area contributed by atoms with Crippen molar-refractivity contribution in [3.63, 3.8) is 0 Å². The van der Waals surface area contributed by atoms with E-state index in [0.717, 1.165) is 17.4 Å². The molecule has 0 aliphatic heterocycles. The lowest BCUT2D eigenvalue weighted by Crippen LogP contribution is -2.34. The molecule has 0 radical (unpaired) electrons. The van der Waals surface area contributed by atoms with Crippen molar-refractivity contribution in [1.29, 1.82) is 0 Å². The second-order valence-corrected chi connectivity index (χ2v) is 11.4. The van der Waals surface area contributed by atoms with Crippen LogP contribution in [-0.4, -0.2) is 47.6 Å². The van der Waals surface area contributed by atoms with Gasteiger partial charge in [-0.25, -0.2) is 18.2 Å². The summed E-state index contributed by atoms with van der Waals surface area (Å²) in [6.45, 7) is 3.87. The Balaban J connectivity index is 1.75.